The number of amides is 1. The largest absolute Gasteiger partial charge is 0.495 e. The minimum atomic E-state index is -3.99. The molecular formula is C21H25FN2O4S. The van der Waals surface area contributed by atoms with Crippen molar-refractivity contribution in [2.24, 2.45) is 5.92 Å². The second kappa shape index (κ2) is 8.92. The van der Waals surface area contributed by atoms with Crippen LogP contribution in [0.4, 0.5) is 4.39 Å². The zero-order valence-electron chi connectivity index (χ0n) is 16.5. The molecule has 156 valence electrons. The number of nitrogens with zero attached hydrogens (tertiary/aromatic N) is 1. The molecule has 2 aromatic carbocycles. The molecular weight excluding hydrogens is 395 g/mol. The van der Waals surface area contributed by atoms with Crippen molar-refractivity contribution >= 4 is 15.9 Å². The smallest absolute Gasteiger partial charge is 0.246 e. The molecule has 0 aromatic heterocycles. The fourth-order valence-corrected chi connectivity index (χ4v) is 5.21. The van der Waals surface area contributed by atoms with Gasteiger partial charge in [-0.05, 0) is 43.5 Å². The standard InChI is InChI=1S/C21H25FN2O4S/c1-15(16-7-4-3-5-8-16)23-21(25)17-9-6-12-24(14-17)29(26,27)20-13-18(22)10-11-19(20)28-2/h3-5,7-8,10-11,13,15,17H,6,9,12,14H2,1-2H3,(H,23,25)/t15-,17+/m1/s1. The van der Waals surface area contributed by atoms with Crippen molar-refractivity contribution < 1.29 is 22.3 Å². The molecule has 8 heteroatoms. The number of nitrogens with one attached hydrogen (secondary N) is 1. The topological polar surface area (TPSA) is 75.7 Å². The Labute approximate surface area is 170 Å². The maximum Gasteiger partial charge on any atom is 0.246 e. The number of carbonyl (C=O) groups is 1. The minimum Gasteiger partial charge on any atom is -0.495 e. The van der Waals surface area contributed by atoms with Gasteiger partial charge in [0.1, 0.15) is 16.5 Å². The van der Waals surface area contributed by atoms with Crippen LogP contribution in [-0.2, 0) is 14.8 Å². The van der Waals surface area contributed by atoms with Crippen LogP contribution in [0, 0.1) is 11.7 Å². The summed E-state index contributed by atoms with van der Waals surface area (Å²) < 4.78 is 46.2. The molecule has 1 N–H and O–H groups in total. The third-order valence-electron chi connectivity index (χ3n) is 5.16. The summed E-state index contributed by atoms with van der Waals surface area (Å²) in [5, 5.41) is 2.96. The van der Waals surface area contributed by atoms with Gasteiger partial charge in [-0.2, -0.15) is 4.31 Å². The van der Waals surface area contributed by atoms with Gasteiger partial charge in [0.2, 0.25) is 15.9 Å². The molecule has 3 rings (SSSR count). The van der Waals surface area contributed by atoms with E-state index in [1.54, 1.807) is 0 Å². The third-order valence-corrected chi connectivity index (χ3v) is 7.04. The molecule has 0 spiro atoms. The van der Waals surface area contributed by atoms with Crippen LogP contribution in [-0.4, -0.2) is 38.8 Å². The van der Waals surface area contributed by atoms with Crippen LogP contribution in [0.1, 0.15) is 31.4 Å². The lowest BCUT2D eigenvalue weighted by atomic mass is 9.98. The first-order chi connectivity index (χ1) is 13.8. The summed E-state index contributed by atoms with van der Waals surface area (Å²) in [4.78, 5) is 12.5. The van der Waals surface area contributed by atoms with Crippen LogP contribution >= 0.6 is 0 Å². The maximum absolute atomic E-state index is 13.7. The molecule has 1 aliphatic heterocycles. The number of carbonyl (C=O) groups excluding carboxylic acids is 1. The predicted octanol–water partition coefficient (Wildman–Crippen LogP) is 3.11. The van der Waals surface area contributed by atoms with Gasteiger partial charge in [-0.1, -0.05) is 30.3 Å². The number of halogens is 1. The first-order valence-electron chi connectivity index (χ1n) is 9.52. The van der Waals surface area contributed by atoms with E-state index < -0.39 is 21.8 Å². The number of benzene rings is 2. The summed E-state index contributed by atoms with van der Waals surface area (Å²) in [6, 6.07) is 12.8. The number of methoxy groups -OCH3 is 1. The highest BCUT2D eigenvalue weighted by Crippen LogP contribution is 2.30. The van der Waals surface area contributed by atoms with Crippen LogP contribution in [0.3, 0.4) is 0 Å². The predicted molar refractivity (Wildman–Crippen MR) is 107 cm³/mol. The van der Waals surface area contributed by atoms with E-state index in [1.807, 2.05) is 37.3 Å². The molecule has 1 amide bonds. The average Bonchev–Trinajstić information content (AvgIpc) is 2.74. The quantitative estimate of drug-likeness (QED) is 0.779. The van der Waals surface area contributed by atoms with Crippen LogP contribution in [0.25, 0.3) is 0 Å². The third kappa shape index (κ3) is 4.76. The molecule has 2 atom stereocenters. The Morgan fingerprint density at radius 3 is 2.66 bits per heavy atom. The van der Waals surface area contributed by atoms with Crippen molar-refractivity contribution in [3.63, 3.8) is 0 Å². The lowest BCUT2D eigenvalue weighted by Crippen LogP contribution is -2.45. The minimum absolute atomic E-state index is 0.0509. The summed E-state index contributed by atoms with van der Waals surface area (Å²) >= 11 is 0. The molecule has 0 bridgehead atoms. The monoisotopic (exact) mass is 420 g/mol. The summed E-state index contributed by atoms with van der Waals surface area (Å²) in [6.07, 6.45) is 1.15. The fourth-order valence-electron chi connectivity index (χ4n) is 3.52. The zero-order chi connectivity index (χ0) is 21.0. The van der Waals surface area contributed by atoms with E-state index in [0.29, 0.717) is 12.8 Å². The Morgan fingerprint density at radius 2 is 1.97 bits per heavy atom. The zero-order valence-corrected chi connectivity index (χ0v) is 17.3. The van der Waals surface area contributed by atoms with Crippen LogP contribution < -0.4 is 10.1 Å². The number of sulfonamides is 1. The van der Waals surface area contributed by atoms with Gasteiger partial charge in [0.05, 0.1) is 19.1 Å². The van der Waals surface area contributed by atoms with Crippen molar-refractivity contribution in [3.8, 4) is 5.75 Å². The van der Waals surface area contributed by atoms with Gasteiger partial charge in [-0.25, -0.2) is 12.8 Å². The lowest BCUT2D eigenvalue weighted by Gasteiger charge is -2.32. The molecule has 1 heterocycles. The maximum atomic E-state index is 13.7. The van der Waals surface area contributed by atoms with E-state index in [2.05, 4.69) is 5.32 Å². The molecule has 0 aliphatic carbocycles. The van der Waals surface area contributed by atoms with E-state index in [9.17, 15) is 17.6 Å². The van der Waals surface area contributed by atoms with Crippen molar-refractivity contribution in [1.29, 1.82) is 0 Å². The van der Waals surface area contributed by atoms with Crippen LogP contribution in [0.2, 0.25) is 0 Å². The van der Waals surface area contributed by atoms with Gasteiger partial charge in [0.25, 0.3) is 0 Å². The lowest BCUT2D eigenvalue weighted by molar-refractivity contribution is -0.126. The number of rotatable bonds is 6. The van der Waals surface area contributed by atoms with Gasteiger partial charge >= 0.3 is 0 Å². The fraction of sp³-hybridized carbons (Fsp3) is 0.381. The molecule has 29 heavy (non-hydrogen) atoms. The number of hydrogen-bond donors (Lipinski definition) is 1. The van der Waals surface area contributed by atoms with Crippen molar-refractivity contribution in [2.75, 3.05) is 20.2 Å². The number of hydrogen-bond acceptors (Lipinski definition) is 4. The van der Waals surface area contributed by atoms with Crippen molar-refractivity contribution in [2.45, 2.75) is 30.7 Å². The van der Waals surface area contributed by atoms with E-state index >= 15 is 0 Å². The van der Waals surface area contributed by atoms with E-state index in [0.717, 1.165) is 17.7 Å². The van der Waals surface area contributed by atoms with Crippen molar-refractivity contribution in [3.05, 3.63) is 59.9 Å². The second-order valence-electron chi connectivity index (χ2n) is 7.14. The molecule has 1 saturated heterocycles. The van der Waals surface area contributed by atoms with Gasteiger partial charge in [-0.3, -0.25) is 4.79 Å². The van der Waals surface area contributed by atoms with Gasteiger partial charge in [0.15, 0.2) is 0 Å². The highest BCUT2D eigenvalue weighted by molar-refractivity contribution is 7.89. The molecule has 1 aliphatic rings. The Hall–Kier alpha value is -2.45. The van der Waals surface area contributed by atoms with Gasteiger partial charge in [0, 0.05) is 13.1 Å². The average molecular weight is 421 g/mol. The first-order valence-corrected chi connectivity index (χ1v) is 11.0. The summed E-state index contributed by atoms with van der Waals surface area (Å²) in [5.74, 6) is -1.24. The Morgan fingerprint density at radius 1 is 1.24 bits per heavy atom. The normalized spacial score (nSPS) is 18.8. The summed E-state index contributed by atoms with van der Waals surface area (Å²) in [5.41, 5.74) is 0.977. The Kier molecular flexibility index (Phi) is 6.54. The molecule has 6 nitrogen and oxygen atoms in total. The SMILES string of the molecule is COc1ccc(F)cc1S(=O)(=O)N1CCC[C@H](C(=O)N[C@H](C)c2ccccc2)C1. The molecule has 0 saturated carbocycles. The molecule has 2 aromatic rings. The number of piperidine rings is 1. The van der Waals surface area contributed by atoms with Crippen molar-refractivity contribution in [1.82, 2.24) is 9.62 Å². The second-order valence-corrected chi connectivity index (χ2v) is 9.04. The van der Waals surface area contributed by atoms with E-state index in [-0.39, 0.29) is 35.7 Å². The Bertz CT molecular complexity index is 966. The van der Waals surface area contributed by atoms with Gasteiger partial charge in [-0.15, -0.1) is 0 Å². The highest BCUT2D eigenvalue weighted by atomic mass is 32.2. The van der Waals surface area contributed by atoms with Crippen LogP contribution in [0.5, 0.6) is 5.75 Å². The molecule has 1 fully saturated rings. The Balaban J connectivity index is 1.75. The van der Waals surface area contributed by atoms with Crippen LogP contribution in [0.15, 0.2) is 53.4 Å². The van der Waals surface area contributed by atoms with E-state index in [1.165, 1.54) is 17.5 Å². The van der Waals surface area contributed by atoms with Gasteiger partial charge < -0.3 is 10.1 Å². The molecule has 0 radical (unpaired) electrons. The first kappa shape index (κ1) is 21.3. The summed E-state index contributed by atoms with van der Waals surface area (Å²) in [7, 11) is -2.65. The van der Waals surface area contributed by atoms with E-state index in [4.69, 9.17) is 4.74 Å². The summed E-state index contributed by atoms with van der Waals surface area (Å²) in [6.45, 7) is 2.22. The number of ether oxygens (including phenoxy) is 1. The molecule has 0 unspecified atom stereocenters. The highest BCUT2D eigenvalue weighted by Gasteiger charge is 2.35.